The van der Waals surface area contributed by atoms with Gasteiger partial charge in [-0.2, -0.15) is 0 Å². The summed E-state index contributed by atoms with van der Waals surface area (Å²) in [6.45, 7) is 15.5. The quantitative estimate of drug-likeness (QED) is 0.258. The second-order valence-corrected chi connectivity index (χ2v) is 23.3. The summed E-state index contributed by atoms with van der Waals surface area (Å²) in [5.41, 5.74) is 8.15. The molecule has 0 amide bonds. The number of benzene rings is 3. The Kier molecular flexibility index (Phi) is 6.01. The summed E-state index contributed by atoms with van der Waals surface area (Å²) in [6, 6.07) is 31.8. The van der Waals surface area contributed by atoms with E-state index in [2.05, 4.69) is 153 Å². The largest absolute Gasteiger partial charge is 0.362 e. The van der Waals surface area contributed by atoms with Crippen molar-refractivity contribution >= 4 is 26.5 Å². The molecule has 198 valence electrons. The summed E-state index contributed by atoms with van der Waals surface area (Å²) in [5, 5.41) is 3.00. The highest BCUT2D eigenvalue weighted by molar-refractivity contribution is 6.89. The van der Waals surface area contributed by atoms with Gasteiger partial charge in [0.1, 0.15) is 5.54 Å². The third-order valence-electron chi connectivity index (χ3n) is 8.34. The molecule has 0 bridgehead atoms. The second-order valence-electron chi connectivity index (χ2n) is 13.2. The summed E-state index contributed by atoms with van der Waals surface area (Å²) in [5.74, 6) is 0. The van der Waals surface area contributed by atoms with Crippen LogP contribution < -0.4 is 10.4 Å². The van der Waals surface area contributed by atoms with Gasteiger partial charge in [0.25, 0.3) is 0 Å². The SMILES string of the molecule is CN1C=CN(C2(c3cccc(-c4ccccc4)n3)c3ccc([Si](C)(C)C)cc3-c3cc([Si](C)(C)C)ccc32)C1. The predicted molar refractivity (Wildman–Crippen MR) is 171 cm³/mol. The lowest BCUT2D eigenvalue weighted by Gasteiger charge is -2.41. The Morgan fingerprint density at radius 3 is 1.77 bits per heavy atom. The first-order valence-corrected chi connectivity index (χ1v) is 21.0. The zero-order valence-electron chi connectivity index (χ0n) is 24.3. The molecule has 1 aromatic heterocycles. The third-order valence-corrected chi connectivity index (χ3v) is 12.4. The van der Waals surface area contributed by atoms with Gasteiger partial charge in [0.05, 0.1) is 34.2 Å². The molecule has 3 nitrogen and oxygen atoms in total. The van der Waals surface area contributed by atoms with Crippen molar-refractivity contribution in [2.75, 3.05) is 13.7 Å². The number of hydrogen-bond acceptors (Lipinski definition) is 3. The average Bonchev–Trinajstić information content (AvgIpc) is 3.47. The fourth-order valence-corrected chi connectivity index (χ4v) is 8.45. The van der Waals surface area contributed by atoms with Crippen LogP contribution in [0.5, 0.6) is 0 Å². The molecule has 4 aromatic rings. The van der Waals surface area contributed by atoms with Gasteiger partial charge in [-0.15, -0.1) is 0 Å². The first-order chi connectivity index (χ1) is 18.5. The standard InChI is InChI=1S/C34H39N3Si2/c1-36-20-21-37(24-36)34(33-15-11-14-32(35-33)25-12-9-8-10-13-25)30-18-16-26(38(2,3)4)22-28(30)29-23-27(39(5,6)7)17-19-31(29)34/h8-23H,24H2,1-7H3. The van der Waals surface area contributed by atoms with Crippen molar-refractivity contribution in [1.29, 1.82) is 0 Å². The van der Waals surface area contributed by atoms with E-state index in [9.17, 15) is 0 Å². The lowest BCUT2D eigenvalue weighted by molar-refractivity contribution is 0.194. The van der Waals surface area contributed by atoms with Crippen molar-refractivity contribution in [3.63, 3.8) is 0 Å². The van der Waals surface area contributed by atoms with Gasteiger partial charge in [0.2, 0.25) is 0 Å². The molecule has 1 aliphatic heterocycles. The maximum absolute atomic E-state index is 5.43. The molecule has 0 N–H and O–H groups in total. The molecule has 0 saturated carbocycles. The molecular weight excluding hydrogens is 507 g/mol. The second kappa shape index (κ2) is 9.07. The minimum absolute atomic E-state index is 0.507. The fraction of sp³-hybridized carbons (Fsp3) is 0.265. The number of aromatic nitrogens is 1. The van der Waals surface area contributed by atoms with Gasteiger partial charge in [-0.25, -0.2) is 4.98 Å². The van der Waals surface area contributed by atoms with Gasteiger partial charge in [-0.05, 0) is 34.4 Å². The van der Waals surface area contributed by atoms with Gasteiger partial charge >= 0.3 is 0 Å². The number of rotatable bonds is 5. The van der Waals surface area contributed by atoms with Crippen LogP contribution in [0.15, 0.2) is 97.3 Å². The Morgan fingerprint density at radius 1 is 0.667 bits per heavy atom. The van der Waals surface area contributed by atoms with E-state index in [1.807, 2.05) is 0 Å². The maximum Gasteiger partial charge on any atom is 0.136 e. The molecule has 39 heavy (non-hydrogen) atoms. The maximum atomic E-state index is 5.43. The first kappa shape index (κ1) is 25.8. The molecule has 0 atom stereocenters. The van der Waals surface area contributed by atoms with E-state index >= 15 is 0 Å². The fourth-order valence-electron chi connectivity index (χ4n) is 6.13. The molecule has 0 spiro atoms. The summed E-state index contributed by atoms with van der Waals surface area (Å²) >= 11 is 0. The number of pyridine rings is 1. The average molecular weight is 546 g/mol. The minimum Gasteiger partial charge on any atom is -0.362 e. The zero-order chi connectivity index (χ0) is 27.6. The number of hydrogen-bond donors (Lipinski definition) is 0. The third kappa shape index (κ3) is 4.19. The highest BCUT2D eigenvalue weighted by Gasteiger charge is 2.51. The summed E-state index contributed by atoms with van der Waals surface area (Å²) < 4.78 is 0. The Morgan fingerprint density at radius 2 is 1.26 bits per heavy atom. The minimum atomic E-state index is -1.51. The Bertz CT molecular complexity index is 1520. The van der Waals surface area contributed by atoms with Crippen LogP contribution in [0.25, 0.3) is 22.4 Å². The molecule has 0 saturated heterocycles. The summed E-state index contributed by atoms with van der Waals surface area (Å²) in [6.07, 6.45) is 4.45. The lowest BCUT2D eigenvalue weighted by atomic mass is 9.82. The van der Waals surface area contributed by atoms with Crippen molar-refractivity contribution in [2.24, 2.45) is 0 Å². The van der Waals surface area contributed by atoms with E-state index in [-0.39, 0.29) is 0 Å². The Balaban J connectivity index is 1.69. The van der Waals surface area contributed by atoms with Crippen LogP contribution >= 0.6 is 0 Å². The highest BCUT2D eigenvalue weighted by Crippen LogP contribution is 2.54. The topological polar surface area (TPSA) is 19.4 Å². The molecule has 2 aliphatic rings. The monoisotopic (exact) mass is 545 g/mol. The predicted octanol–water partition coefficient (Wildman–Crippen LogP) is 6.79. The van der Waals surface area contributed by atoms with E-state index in [1.54, 1.807) is 0 Å². The van der Waals surface area contributed by atoms with E-state index in [4.69, 9.17) is 4.98 Å². The van der Waals surface area contributed by atoms with Crippen LogP contribution in [0.2, 0.25) is 39.3 Å². The van der Waals surface area contributed by atoms with E-state index in [0.29, 0.717) is 0 Å². The summed E-state index contributed by atoms with van der Waals surface area (Å²) in [7, 11) is -0.873. The number of fused-ring (bicyclic) bond motifs is 3. The highest BCUT2D eigenvalue weighted by atomic mass is 28.3. The van der Waals surface area contributed by atoms with Gasteiger partial charge < -0.3 is 9.80 Å². The van der Waals surface area contributed by atoms with Gasteiger partial charge in [0.15, 0.2) is 0 Å². The van der Waals surface area contributed by atoms with Crippen LogP contribution in [-0.2, 0) is 5.54 Å². The van der Waals surface area contributed by atoms with Crippen molar-refractivity contribution in [3.8, 4) is 22.4 Å². The van der Waals surface area contributed by atoms with Gasteiger partial charge in [-0.3, -0.25) is 0 Å². The molecule has 2 heterocycles. The Hall–Kier alpha value is -3.42. The lowest BCUT2D eigenvalue weighted by Crippen LogP contribution is -2.46. The Labute approximate surface area is 235 Å². The molecule has 5 heteroatoms. The summed E-state index contributed by atoms with van der Waals surface area (Å²) in [4.78, 5) is 10.2. The molecule has 1 aliphatic carbocycles. The van der Waals surface area contributed by atoms with Crippen LogP contribution in [0.4, 0.5) is 0 Å². The molecule has 0 fully saturated rings. The van der Waals surface area contributed by atoms with Crippen LogP contribution in [0, 0.1) is 0 Å². The smallest absolute Gasteiger partial charge is 0.136 e. The van der Waals surface area contributed by atoms with E-state index in [0.717, 1.165) is 23.6 Å². The van der Waals surface area contributed by atoms with Crippen molar-refractivity contribution < 1.29 is 0 Å². The first-order valence-electron chi connectivity index (χ1n) is 14.0. The molecule has 0 radical (unpaired) electrons. The molecular formula is C34H39N3Si2. The van der Waals surface area contributed by atoms with E-state index < -0.39 is 21.7 Å². The molecule has 6 rings (SSSR count). The molecule has 3 aromatic carbocycles. The van der Waals surface area contributed by atoms with Gasteiger partial charge in [-0.1, -0.05) is 122 Å². The van der Waals surface area contributed by atoms with Crippen LogP contribution in [0.1, 0.15) is 16.8 Å². The van der Waals surface area contributed by atoms with Crippen molar-refractivity contribution in [3.05, 3.63) is 114 Å². The van der Waals surface area contributed by atoms with Crippen molar-refractivity contribution in [1.82, 2.24) is 14.8 Å². The number of nitrogens with zero attached hydrogens (tertiary/aromatic N) is 3. The zero-order valence-corrected chi connectivity index (χ0v) is 26.3. The van der Waals surface area contributed by atoms with Crippen molar-refractivity contribution in [2.45, 2.75) is 44.8 Å². The molecule has 0 unspecified atom stereocenters. The van der Waals surface area contributed by atoms with Gasteiger partial charge in [0, 0.05) is 25.0 Å². The normalized spacial score (nSPS) is 16.0. The van der Waals surface area contributed by atoms with Crippen LogP contribution in [0.3, 0.4) is 0 Å². The van der Waals surface area contributed by atoms with Crippen LogP contribution in [-0.4, -0.2) is 44.6 Å². The van der Waals surface area contributed by atoms with E-state index in [1.165, 1.54) is 32.6 Å².